The number of methoxy groups -OCH3 is 1. The Kier molecular flexibility index (Phi) is 3.53. The number of hydrogen-bond donors (Lipinski definition) is 2. The Labute approximate surface area is 106 Å². The van der Waals surface area contributed by atoms with Crippen LogP contribution in [-0.2, 0) is 0 Å². The van der Waals surface area contributed by atoms with Gasteiger partial charge in [0.2, 0.25) is 0 Å². The van der Waals surface area contributed by atoms with Gasteiger partial charge >= 0.3 is 0 Å². The van der Waals surface area contributed by atoms with Gasteiger partial charge in [0.1, 0.15) is 17.6 Å². The van der Waals surface area contributed by atoms with Crippen molar-refractivity contribution in [1.29, 1.82) is 0 Å². The molecule has 3 nitrogen and oxygen atoms in total. The lowest BCUT2D eigenvalue weighted by Crippen LogP contribution is -2.02. The molecule has 0 fully saturated rings. The lowest BCUT2D eigenvalue weighted by Gasteiger charge is -2.16. The van der Waals surface area contributed by atoms with E-state index in [1.54, 1.807) is 13.2 Å². The SMILES string of the molecule is COc1cc(C)c(C(O)c2ccccc2)c(O)c1. The van der Waals surface area contributed by atoms with E-state index < -0.39 is 6.10 Å². The Hall–Kier alpha value is -2.00. The van der Waals surface area contributed by atoms with E-state index in [-0.39, 0.29) is 5.75 Å². The van der Waals surface area contributed by atoms with Crippen molar-refractivity contribution in [1.82, 2.24) is 0 Å². The molecule has 0 saturated heterocycles. The van der Waals surface area contributed by atoms with Gasteiger partial charge in [0.05, 0.1) is 7.11 Å². The molecule has 2 aromatic carbocycles. The van der Waals surface area contributed by atoms with Gasteiger partial charge in [0.25, 0.3) is 0 Å². The van der Waals surface area contributed by atoms with Crippen LogP contribution in [0.15, 0.2) is 42.5 Å². The molecule has 18 heavy (non-hydrogen) atoms. The summed E-state index contributed by atoms with van der Waals surface area (Å²) in [6, 6.07) is 12.6. The molecule has 0 aliphatic carbocycles. The van der Waals surface area contributed by atoms with Crippen molar-refractivity contribution < 1.29 is 14.9 Å². The van der Waals surface area contributed by atoms with Crippen molar-refractivity contribution in [3.05, 3.63) is 59.2 Å². The number of hydrogen-bond acceptors (Lipinski definition) is 3. The first kappa shape index (κ1) is 12.5. The van der Waals surface area contributed by atoms with Crippen LogP contribution in [-0.4, -0.2) is 17.3 Å². The Bertz CT molecular complexity index is 512. The second-order valence-corrected chi connectivity index (χ2v) is 4.19. The van der Waals surface area contributed by atoms with Crippen LogP contribution >= 0.6 is 0 Å². The Morgan fingerprint density at radius 3 is 2.33 bits per heavy atom. The number of phenolic OH excluding ortho intramolecular Hbond substituents is 1. The minimum absolute atomic E-state index is 0.0446. The smallest absolute Gasteiger partial charge is 0.125 e. The predicted molar refractivity (Wildman–Crippen MR) is 69.9 cm³/mol. The van der Waals surface area contributed by atoms with Crippen molar-refractivity contribution in [3.8, 4) is 11.5 Å². The largest absolute Gasteiger partial charge is 0.507 e. The number of aliphatic hydroxyl groups excluding tert-OH is 1. The number of aryl methyl sites for hydroxylation is 1. The maximum Gasteiger partial charge on any atom is 0.125 e. The van der Waals surface area contributed by atoms with Gasteiger partial charge in [-0.05, 0) is 24.1 Å². The van der Waals surface area contributed by atoms with Gasteiger partial charge < -0.3 is 14.9 Å². The summed E-state index contributed by atoms with van der Waals surface area (Å²) in [7, 11) is 1.54. The first-order chi connectivity index (χ1) is 8.63. The van der Waals surface area contributed by atoms with Crippen LogP contribution in [0.1, 0.15) is 22.8 Å². The molecule has 94 valence electrons. The quantitative estimate of drug-likeness (QED) is 0.872. The summed E-state index contributed by atoms with van der Waals surface area (Å²) in [5.74, 6) is 0.622. The molecule has 0 aliphatic rings. The van der Waals surface area contributed by atoms with Crippen molar-refractivity contribution in [3.63, 3.8) is 0 Å². The lowest BCUT2D eigenvalue weighted by molar-refractivity contribution is 0.214. The highest BCUT2D eigenvalue weighted by Gasteiger charge is 2.18. The molecule has 0 amide bonds. The number of aromatic hydroxyl groups is 1. The lowest BCUT2D eigenvalue weighted by atomic mass is 9.96. The van der Waals surface area contributed by atoms with Gasteiger partial charge in [-0.2, -0.15) is 0 Å². The van der Waals surface area contributed by atoms with Crippen molar-refractivity contribution in [2.45, 2.75) is 13.0 Å². The number of rotatable bonds is 3. The molecule has 0 spiro atoms. The van der Waals surface area contributed by atoms with E-state index in [0.717, 1.165) is 11.1 Å². The first-order valence-electron chi connectivity index (χ1n) is 5.74. The third kappa shape index (κ3) is 2.31. The Morgan fingerprint density at radius 2 is 1.78 bits per heavy atom. The van der Waals surface area contributed by atoms with E-state index in [0.29, 0.717) is 11.3 Å². The normalized spacial score (nSPS) is 12.2. The Balaban J connectivity index is 2.45. The number of ether oxygens (including phenoxy) is 1. The molecule has 3 heteroatoms. The molecule has 2 rings (SSSR count). The maximum absolute atomic E-state index is 10.3. The first-order valence-corrected chi connectivity index (χ1v) is 5.74. The van der Waals surface area contributed by atoms with Gasteiger partial charge in [-0.25, -0.2) is 0 Å². The van der Waals surface area contributed by atoms with Crippen LogP contribution in [0.3, 0.4) is 0 Å². The molecule has 0 saturated carbocycles. The van der Waals surface area contributed by atoms with Crippen molar-refractivity contribution >= 4 is 0 Å². The van der Waals surface area contributed by atoms with E-state index in [2.05, 4.69) is 0 Å². The second-order valence-electron chi connectivity index (χ2n) is 4.19. The summed E-state index contributed by atoms with van der Waals surface area (Å²) in [6.45, 7) is 1.84. The molecular weight excluding hydrogens is 228 g/mol. The van der Waals surface area contributed by atoms with Gasteiger partial charge in [0, 0.05) is 11.6 Å². The monoisotopic (exact) mass is 244 g/mol. The molecule has 1 atom stereocenters. The molecule has 1 unspecified atom stereocenters. The fraction of sp³-hybridized carbons (Fsp3) is 0.200. The van der Waals surface area contributed by atoms with Crippen LogP contribution in [0, 0.1) is 6.92 Å². The highest BCUT2D eigenvalue weighted by atomic mass is 16.5. The third-order valence-electron chi connectivity index (χ3n) is 2.96. The standard InChI is InChI=1S/C15H16O3/c1-10-8-12(18-2)9-13(16)14(10)15(17)11-6-4-3-5-7-11/h3-9,15-17H,1-2H3. The van der Waals surface area contributed by atoms with E-state index in [9.17, 15) is 10.2 Å². The average Bonchev–Trinajstić information content (AvgIpc) is 2.38. The van der Waals surface area contributed by atoms with Crippen LogP contribution in [0.5, 0.6) is 11.5 Å². The molecule has 0 bridgehead atoms. The van der Waals surface area contributed by atoms with Crippen molar-refractivity contribution in [2.75, 3.05) is 7.11 Å². The zero-order chi connectivity index (χ0) is 13.1. The minimum atomic E-state index is -0.836. The summed E-state index contributed by atoms with van der Waals surface area (Å²) in [5, 5.41) is 20.3. The zero-order valence-electron chi connectivity index (χ0n) is 10.4. The molecule has 0 aliphatic heterocycles. The topological polar surface area (TPSA) is 49.7 Å². The fourth-order valence-electron chi connectivity index (χ4n) is 2.02. The number of benzene rings is 2. The maximum atomic E-state index is 10.3. The summed E-state index contributed by atoms with van der Waals surface area (Å²) >= 11 is 0. The van der Waals surface area contributed by atoms with E-state index >= 15 is 0 Å². The summed E-state index contributed by atoms with van der Waals surface area (Å²) < 4.78 is 5.07. The molecule has 0 aromatic heterocycles. The molecular formula is C15H16O3. The third-order valence-corrected chi connectivity index (χ3v) is 2.96. The summed E-state index contributed by atoms with van der Waals surface area (Å²) in [4.78, 5) is 0. The van der Waals surface area contributed by atoms with Gasteiger partial charge in [-0.1, -0.05) is 30.3 Å². The molecule has 2 N–H and O–H groups in total. The fourth-order valence-corrected chi connectivity index (χ4v) is 2.02. The second kappa shape index (κ2) is 5.10. The highest BCUT2D eigenvalue weighted by Crippen LogP contribution is 2.35. The summed E-state index contributed by atoms with van der Waals surface area (Å²) in [5.41, 5.74) is 2.06. The zero-order valence-corrected chi connectivity index (χ0v) is 10.4. The molecule has 0 radical (unpaired) electrons. The van der Waals surface area contributed by atoms with Gasteiger partial charge in [-0.15, -0.1) is 0 Å². The minimum Gasteiger partial charge on any atom is -0.507 e. The van der Waals surface area contributed by atoms with Gasteiger partial charge in [0.15, 0.2) is 0 Å². The van der Waals surface area contributed by atoms with Crippen LogP contribution in [0.4, 0.5) is 0 Å². The van der Waals surface area contributed by atoms with E-state index in [1.807, 2.05) is 37.3 Å². The number of aliphatic hydroxyl groups is 1. The highest BCUT2D eigenvalue weighted by molar-refractivity contribution is 5.49. The van der Waals surface area contributed by atoms with Gasteiger partial charge in [-0.3, -0.25) is 0 Å². The summed E-state index contributed by atoms with van der Waals surface area (Å²) in [6.07, 6.45) is -0.836. The van der Waals surface area contributed by atoms with Crippen LogP contribution in [0.25, 0.3) is 0 Å². The number of phenols is 1. The average molecular weight is 244 g/mol. The molecule has 0 heterocycles. The van der Waals surface area contributed by atoms with Crippen LogP contribution < -0.4 is 4.74 Å². The van der Waals surface area contributed by atoms with E-state index in [4.69, 9.17) is 4.74 Å². The molecule has 2 aromatic rings. The Morgan fingerprint density at radius 1 is 1.11 bits per heavy atom. The van der Waals surface area contributed by atoms with Crippen molar-refractivity contribution in [2.24, 2.45) is 0 Å². The predicted octanol–water partition coefficient (Wildman–Crippen LogP) is 2.79. The van der Waals surface area contributed by atoms with E-state index in [1.165, 1.54) is 6.07 Å². The van der Waals surface area contributed by atoms with Crippen LogP contribution in [0.2, 0.25) is 0 Å².